The summed E-state index contributed by atoms with van der Waals surface area (Å²) in [5.41, 5.74) is 1.01. The fourth-order valence-corrected chi connectivity index (χ4v) is 5.71. The molecule has 0 saturated heterocycles. The molecule has 1 aromatic heterocycles. The number of carboxylic acid groups (broad SMARTS) is 3. The van der Waals surface area contributed by atoms with E-state index in [1.165, 1.54) is 0 Å². The van der Waals surface area contributed by atoms with Crippen molar-refractivity contribution in [3.8, 4) is 0 Å². The Balaban J connectivity index is 0.0000130. The molecule has 0 spiro atoms. The van der Waals surface area contributed by atoms with E-state index in [0.29, 0.717) is 24.2 Å². The molecule has 0 aliphatic carbocycles. The van der Waals surface area contributed by atoms with Crippen LogP contribution in [0.25, 0.3) is 0 Å². The van der Waals surface area contributed by atoms with E-state index >= 15 is 0 Å². The number of amides is 2. The number of hydrogen-bond acceptors (Lipinski definition) is 13. The minimum atomic E-state index is -1.25. The third-order valence-corrected chi connectivity index (χ3v) is 8.46. The van der Waals surface area contributed by atoms with Gasteiger partial charge < -0.3 is 46.4 Å². The number of nitrogens with one attached hydrogen (secondary N) is 2. The number of hydrogen-bond donors (Lipinski definition) is 9. The molecule has 19 heteroatoms. The number of nitrogens with zero attached hydrogens (tertiary/aromatic N) is 4. The van der Waals surface area contributed by atoms with Crippen LogP contribution in [0.4, 0.5) is 0 Å². The van der Waals surface area contributed by atoms with Crippen LogP contribution in [0, 0.1) is 39.9 Å². The molecule has 51 heavy (non-hydrogen) atoms. The molecule has 0 fully saturated rings. The average Bonchev–Trinajstić information content (AvgIpc) is 3.07. The number of aliphatic hydroxyl groups excluding tert-OH is 4. The predicted octanol–water partition coefficient (Wildman–Crippen LogP) is -2.34. The van der Waals surface area contributed by atoms with E-state index in [1.54, 1.807) is 32.9 Å². The molecule has 2 amide bonds. The molecular weight excluding hydrogens is 818 g/mol. The first-order chi connectivity index (χ1) is 23.8. The van der Waals surface area contributed by atoms with Gasteiger partial charge in [-0.05, 0) is 31.4 Å². The van der Waals surface area contributed by atoms with Gasteiger partial charge in [-0.2, -0.15) is 0 Å². The van der Waals surface area contributed by atoms with Gasteiger partial charge in [0.05, 0.1) is 36.8 Å². The number of carbonyl (C=O) groups excluding carboxylic acids is 2. The molecule has 9 N–H and O–H groups in total. The van der Waals surface area contributed by atoms with Crippen molar-refractivity contribution in [3.05, 3.63) is 29.6 Å². The molecule has 1 aromatic rings. The largest absolute Gasteiger partial charge is 3.00 e. The average molecular weight is 870 g/mol. The number of carbonyl (C=O) groups is 5. The maximum Gasteiger partial charge on any atom is 3.00 e. The van der Waals surface area contributed by atoms with Crippen LogP contribution in [0.1, 0.15) is 56.8 Å². The summed E-state index contributed by atoms with van der Waals surface area (Å²) in [5, 5.41) is 72.6. The summed E-state index contributed by atoms with van der Waals surface area (Å²) in [4.78, 5) is 72.0. The number of aromatic nitrogens is 1. The van der Waals surface area contributed by atoms with Gasteiger partial charge in [0, 0.05) is 65.2 Å². The smallest absolute Gasteiger partial charge is 0.480 e. The molecule has 2 heterocycles. The summed E-state index contributed by atoms with van der Waals surface area (Å²) < 4.78 is 0. The van der Waals surface area contributed by atoms with Crippen molar-refractivity contribution in [2.45, 2.75) is 88.9 Å². The zero-order chi connectivity index (χ0) is 37.2. The third-order valence-electron chi connectivity index (χ3n) is 8.46. The van der Waals surface area contributed by atoms with Gasteiger partial charge in [0.15, 0.2) is 0 Å². The molecule has 2 unspecified atom stereocenters. The van der Waals surface area contributed by atoms with Crippen LogP contribution in [0.3, 0.4) is 0 Å². The molecule has 1 aliphatic heterocycles. The van der Waals surface area contributed by atoms with Crippen molar-refractivity contribution in [2.24, 2.45) is 0 Å². The van der Waals surface area contributed by atoms with Crippen molar-refractivity contribution < 1.29 is 99.7 Å². The van der Waals surface area contributed by atoms with Crippen LogP contribution in [0.2, 0.25) is 0 Å². The second-order valence-corrected chi connectivity index (χ2v) is 12.3. The standard InChI is InChI=1S/C32H52N6O12.Gd/c1-2-4-25(30(45)46)37-13-11-36(26(31(47)48)7-9-28(43)33-15-23(41)19-39)12-14-38(18-22-6-3-5-21(17-37)35-22)27(32(49)50)8-10-29(44)34-16-24(42)20-40;/h3,5-6,23-27,39-42H,2,4,7-20H2,1H3,(H,33,43)(H,34,44)(H,45,46)(H,47,48)(H,49,50);/q;+3/t23?,24?,25-,26-,27-;/m0./s1. The van der Waals surface area contributed by atoms with Crippen LogP contribution < -0.4 is 10.6 Å². The first-order valence-electron chi connectivity index (χ1n) is 16.8. The molecule has 0 saturated carbocycles. The maximum absolute atomic E-state index is 12.6. The minimum absolute atomic E-state index is 0. The van der Waals surface area contributed by atoms with Crippen molar-refractivity contribution in [2.75, 3.05) is 52.5 Å². The van der Waals surface area contributed by atoms with Gasteiger partial charge in [-0.3, -0.25) is 43.7 Å². The van der Waals surface area contributed by atoms with E-state index in [-0.39, 0.29) is 118 Å². The predicted molar refractivity (Wildman–Crippen MR) is 176 cm³/mol. The van der Waals surface area contributed by atoms with E-state index < -0.39 is 73.3 Å². The Morgan fingerprint density at radius 2 is 1.06 bits per heavy atom. The van der Waals surface area contributed by atoms with E-state index in [9.17, 15) is 49.5 Å². The number of pyridine rings is 1. The van der Waals surface area contributed by atoms with Crippen molar-refractivity contribution in [3.63, 3.8) is 0 Å². The van der Waals surface area contributed by atoms with E-state index in [4.69, 9.17) is 10.2 Å². The monoisotopic (exact) mass is 870 g/mol. The van der Waals surface area contributed by atoms with Crippen LogP contribution in [-0.2, 0) is 37.1 Å². The molecule has 0 aromatic carbocycles. The Morgan fingerprint density at radius 1 is 0.686 bits per heavy atom. The van der Waals surface area contributed by atoms with Crippen LogP contribution >= 0.6 is 0 Å². The molecule has 2 bridgehead atoms. The van der Waals surface area contributed by atoms with E-state index in [0.717, 1.165) is 0 Å². The van der Waals surface area contributed by atoms with Gasteiger partial charge in [-0.1, -0.05) is 19.4 Å². The van der Waals surface area contributed by atoms with Crippen molar-refractivity contribution in [1.82, 2.24) is 30.3 Å². The molecule has 287 valence electrons. The Hall–Kier alpha value is -2.46. The van der Waals surface area contributed by atoms with Gasteiger partial charge in [-0.25, -0.2) is 0 Å². The fourth-order valence-electron chi connectivity index (χ4n) is 5.71. The fraction of sp³-hybridized carbons (Fsp3) is 0.688. The van der Waals surface area contributed by atoms with Crippen LogP contribution in [0.15, 0.2) is 18.2 Å². The maximum atomic E-state index is 12.6. The Labute approximate surface area is 328 Å². The Bertz CT molecular complexity index is 1260. The summed E-state index contributed by atoms with van der Waals surface area (Å²) in [6.45, 7) is 0.596. The third kappa shape index (κ3) is 16.8. The van der Waals surface area contributed by atoms with Crippen LogP contribution in [-0.4, -0.2) is 168 Å². The molecule has 1 radical (unpaired) electrons. The number of aliphatic carboxylic acids is 3. The quantitative estimate of drug-likeness (QED) is 0.0665. The number of rotatable bonds is 20. The second kappa shape index (κ2) is 24.7. The first-order valence-corrected chi connectivity index (χ1v) is 16.8. The zero-order valence-corrected chi connectivity index (χ0v) is 31.0. The molecule has 2 rings (SSSR count). The number of aliphatic hydroxyl groups is 4. The van der Waals surface area contributed by atoms with Gasteiger partial charge in [-0.15, -0.1) is 0 Å². The molecule has 5 atom stereocenters. The van der Waals surface area contributed by atoms with Gasteiger partial charge in [0.25, 0.3) is 0 Å². The molecule has 18 nitrogen and oxygen atoms in total. The van der Waals surface area contributed by atoms with Crippen LogP contribution in [0.5, 0.6) is 0 Å². The summed E-state index contributed by atoms with van der Waals surface area (Å²) in [6.07, 6.45) is -2.19. The SMILES string of the molecule is CCC[C@@H](C(=O)O)N1CCN([C@@H](CCC(=O)NCC(O)CO)C(=O)O)CCN([C@@H](CCC(=O)NCC(O)CO)C(=O)O)Cc2cccc(n2)C1.[Gd+3]. The summed E-state index contributed by atoms with van der Waals surface area (Å²) in [6, 6.07) is 1.83. The number of carboxylic acids is 3. The zero-order valence-electron chi connectivity index (χ0n) is 28.7. The Kier molecular flexibility index (Phi) is 22.6. The molecule has 1 aliphatic rings. The first kappa shape index (κ1) is 46.6. The van der Waals surface area contributed by atoms with Gasteiger partial charge >= 0.3 is 57.8 Å². The topological polar surface area (TPSA) is 274 Å². The molecular formula is C32H52GdN6O12+3. The summed E-state index contributed by atoms with van der Waals surface area (Å²) in [7, 11) is 0. The minimum Gasteiger partial charge on any atom is -0.480 e. The normalized spacial score (nSPS) is 17.7. The van der Waals surface area contributed by atoms with Gasteiger partial charge in [0.1, 0.15) is 18.1 Å². The van der Waals surface area contributed by atoms with Crippen molar-refractivity contribution in [1.29, 1.82) is 0 Å². The summed E-state index contributed by atoms with van der Waals surface area (Å²) in [5.74, 6) is -4.59. The van der Waals surface area contributed by atoms with E-state index in [1.807, 2.05) is 6.92 Å². The van der Waals surface area contributed by atoms with Crippen molar-refractivity contribution >= 4 is 29.7 Å². The van der Waals surface area contributed by atoms with E-state index in [2.05, 4.69) is 15.6 Å². The second-order valence-electron chi connectivity index (χ2n) is 12.3. The Morgan fingerprint density at radius 3 is 1.43 bits per heavy atom. The van der Waals surface area contributed by atoms with Gasteiger partial charge in [0.2, 0.25) is 11.8 Å². The number of fused-ring (bicyclic) bond motifs is 2. The summed E-state index contributed by atoms with van der Waals surface area (Å²) >= 11 is 0.